The summed E-state index contributed by atoms with van der Waals surface area (Å²) < 4.78 is 39.8. The fraction of sp³-hybridized carbons (Fsp3) is 0.318. The first-order valence-electron chi connectivity index (χ1n) is 10.1. The number of hydrogen-bond acceptors (Lipinski definition) is 6. The number of nitrogens with one attached hydrogen (secondary N) is 2. The van der Waals surface area contributed by atoms with E-state index in [1.54, 1.807) is 0 Å². The molecule has 1 aliphatic carbocycles. The van der Waals surface area contributed by atoms with Gasteiger partial charge in [0.15, 0.2) is 0 Å². The second-order valence-electron chi connectivity index (χ2n) is 7.92. The average Bonchev–Trinajstić information content (AvgIpc) is 3.30. The predicted molar refractivity (Wildman–Crippen MR) is 112 cm³/mol. The number of aromatic nitrogens is 2. The van der Waals surface area contributed by atoms with Gasteiger partial charge in [-0.3, -0.25) is 4.79 Å². The van der Waals surface area contributed by atoms with Gasteiger partial charge in [-0.15, -0.1) is 5.10 Å². The molecule has 2 N–H and O–H groups in total. The molecule has 0 bridgehead atoms. The molecule has 3 aromatic rings. The monoisotopic (exact) mass is 460 g/mol. The van der Waals surface area contributed by atoms with E-state index in [2.05, 4.69) is 20.8 Å². The molecule has 4 atom stereocenters. The molecule has 2 aliphatic rings. The quantitative estimate of drug-likeness (QED) is 0.578. The maximum Gasteiger partial charge on any atom is 0.316 e. The number of halogens is 3. The van der Waals surface area contributed by atoms with Crippen LogP contribution in [0, 0.1) is 11.6 Å². The standard InChI is InChI=1S/C22H19ClF2N4O3/c1-31-12-6-16(24)18(17(25)7-12)15-9-26-20(30)19(15)27-22-29-28-21(32-22)14-8-13(14)10-2-4-11(23)5-3-10/h2-7,13-15,19H,8-9H2,1H3,(H,26,30)(H,27,29)/t13?,14?,15-,19-/m0/s1. The molecular weight excluding hydrogens is 442 g/mol. The second kappa shape index (κ2) is 8.05. The molecule has 1 saturated heterocycles. The van der Waals surface area contributed by atoms with E-state index in [0.29, 0.717) is 10.9 Å². The fourth-order valence-corrected chi connectivity index (χ4v) is 4.34. The summed E-state index contributed by atoms with van der Waals surface area (Å²) in [6.07, 6.45) is 0.859. The molecule has 166 valence electrons. The molecule has 1 aromatic heterocycles. The Morgan fingerprint density at radius 1 is 1.12 bits per heavy atom. The number of carbonyl (C=O) groups excluding carboxylic acids is 1. The van der Waals surface area contributed by atoms with E-state index in [0.717, 1.165) is 24.1 Å². The lowest BCUT2D eigenvalue weighted by Gasteiger charge is -2.19. The van der Waals surface area contributed by atoms with Gasteiger partial charge in [0, 0.05) is 41.1 Å². The molecule has 1 amide bonds. The van der Waals surface area contributed by atoms with Crippen LogP contribution in [0.25, 0.3) is 0 Å². The van der Waals surface area contributed by atoms with Crippen LogP contribution in [0.2, 0.25) is 5.02 Å². The van der Waals surface area contributed by atoms with Gasteiger partial charge in [0.2, 0.25) is 11.8 Å². The van der Waals surface area contributed by atoms with Gasteiger partial charge >= 0.3 is 6.01 Å². The van der Waals surface area contributed by atoms with Crippen molar-refractivity contribution >= 4 is 23.5 Å². The van der Waals surface area contributed by atoms with Gasteiger partial charge in [0.25, 0.3) is 0 Å². The van der Waals surface area contributed by atoms with Crippen LogP contribution in [0.4, 0.5) is 14.8 Å². The molecule has 2 heterocycles. The van der Waals surface area contributed by atoms with Crippen LogP contribution in [0.1, 0.15) is 41.2 Å². The van der Waals surface area contributed by atoms with E-state index in [1.807, 2.05) is 24.3 Å². The third kappa shape index (κ3) is 3.77. The molecule has 0 radical (unpaired) electrons. The van der Waals surface area contributed by atoms with Crippen molar-refractivity contribution < 1.29 is 22.7 Å². The Labute approximate surface area is 187 Å². The average molecular weight is 461 g/mol. The van der Waals surface area contributed by atoms with E-state index < -0.39 is 29.5 Å². The molecule has 10 heteroatoms. The second-order valence-corrected chi connectivity index (χ2v) is 8.36. The zero-order valence-corrected chi connectivity index (χ0v) is 17.7. The van der Waals surface area contributed by atoms with E-state index in [9.17, 15) is 13.6 Å². The Hall–Kier alpha value is -3.20. The summed E-state index contributed by atoms with van der Waals surface area (Å²) in [6, 6.07) is 8.85. The van der Waals surface area contributed by atoms with Gasteiger partial charge in [0.05, 0.1) is 7.11 Å². The molecule has 0 spiro atoms. The van der Waals surface area contributed by atoms with Crippen LogP contribution >= 0.6 is 11.6 Å². The van der Waals surface area contributed by atoms with Crippen LogP contribution in [0.5, 0.6) is 5.75 Å². The summed E-state index contributed by atoms with van der Waals surface area (Å²) in [5, 5.41) is 14.2. The number of benzene rings is 2. The van der Waals surface area contributed by atoms with Crippen molar-refractivity contribution in [3.05, 3.63) is 70.1 Å². The minimum Gasteiger partial charge on any atom is -0.497 e. The molecular formula is C22H19ClF2N4O3. The summed E-state index contributed by atoms with van der Waals surface area (Å²) in [7, 11) is 1.32. The van der Waals surface area contributed by atoms with Crippen LogP contribution in [-0.4, -0.2) is 35.8 Å². The summed E-state index contributed by atoms with van der Waals surface area (Å²) in [4.78, 5) is 12.4. The molecule has 1 aliphatic heterocycles. The maximum absolute atomic E-state index is 14.6. The first-order chi connectivity index (χ1) is 15.4. The molecule has 5 rings (SSSR count). The van der Waals surface area contributed by atoms with Gasteiger partial charge in [-0.2, -0.15) is 0 Å². The zero-order chi connectivity index (χ0) is 22.4. The molecule has 2 unspecified atom stereocenters. The number of ether oxygens (including phenoxy) is 1. The molecule has 7 nitrogen and oxygen atoms in total. The largest absolute Gasteiger partial charge is 0.497 e. The first kappa shape index (κ1) is 20.7. The molecule has 2 fully saturated rings. The Kier molecular flexibility index (Phi) is 5.21. The van der Waals surface area contributed by atoms with E-state index in [4.69, 9.17) is 20.8 Å². The first-order valence-corrected chi connectivity index (χ1v) is 10.5. The highest BCUT2D eigenvalue weighted by Crippen LogP contribution is 2.54. The minimum absolute atomic E-state index is 0.0307. The van der Waals surface area contributed by atoms with Crippen molar-refractivity contribution in [3.8, 4) is 5.75 Å². The lowest BCUT2D eigenvalue weighted by Crippen LogP contribution is -2.33. The van der Waals surface area contributed by atoms with Gasteiger partial charge in [-0.25, -0.2) is 8.78 Å². The predicted octanol–water partition coefficient (Wildman–Crippen LogP) is 3.98. The summed E-state index contributed by atoms with van der Waals surface area (Å²) in [6.45, 7) is 0.0684. The lowest BCUT2D eigenvalue weighted by atomic mass is 9.93. The Balaban J connectivity index is 1.32. The van der Waals surface area contributed by atoms with Gasteiger partial charge < -0.3 is 19.8 Å². The summed E-state index contributed by atoms with van der Waals surface area (Å²) >= 11 is 5.94. The Bertz CT molecular complexity index is 1150. The van der Waals surface area contributed by atoms with E-state index >= 15 is 0 Å². The zero-order valence-electron chi connectivity index (χ0n) is 16.9. The number of anilines is 1. The topological polar surface area (TPSA) is 89.3 Å². The van der Waals surface area contributed by atoms with Crippen molar-refractivity contribution in [2.45, 2.75) is 30.2 Å². The van der Waals surface area contributed by atoms with Crippen LogP contribution in [0.3, 0.4) is 0 Å². The number of methoxy groups -OCH3 is 1. The van der Waals surface area contributed by atoms with Crippen molar-refractivity contribution in [3.63, 3.8) is 0 Å². The van der Waals surface area contributed by atoms with Crippen LogP contribution < -0.4 is 15.4 Å². The van der Waals surface area contributed by atoms with Crippen molar-refractivity contribution in [2.75, 3.05) is 19.0 Å². The number of carbonyl (C=O) groups is 1. The Morgan fingerprint density at radius 3 is 2.53 bits per heavy atom. The number of nitrogens with zero attached hydrogens (tertiary/aromatic N) is 2. The molecule has 1 saturated carbocycles. The third-order valence-electron chi connectivity index (χ3n) is 5.97. The Morgan fingerprint density at radius 2 is 1.84 bits per heavy atom. The SMILES string of the molecule is COc1cc(F)c([C@@H]2CNC(=O)[C@H]2Nc2nnc(C3CC3c3ccc(Cl)cc3)o2)c(F)c1. The smallest absolute Gasteiger partial charge is 0.316 e. The number of amides is 1. The summed E-state index contributed by atoms with van der Waals surface area (Å²) in [5.74, 6) is -1.94. The van der Waals surface area contributed by atoms with Crippen LogP contribution in [0.15, 0.2) is 40.8 Å². The van der Waals surface area contributed by atoms with E-state index in [-0.39, 0.29) is 35.7 Å². The van der Waals surface area contributed by atoms with Gasteiger partial charge in [-0.1, -0.05) is 28.8 Å². The fourth-order valence-electron chi connectivity index (χ4n) is 4.21. The lowest BCUT2D eigenvalue weighted by molar-refractivity contribution is -0.119. The number of rotatable bonds is 6. The van der Waals surface area contributed by atoms with Crippen molar-refractivity contribution in [1.29, 1.82) is 0 Å². The van der Waals surface area contributed by atoms with Crippen molar-refractivity contribution in [1.82, 2.24) is 15.5 Å². The summed E-state index contributed by atoms with van der Waals surface area (Å²) in [5.41, 5.74) is 0.930. The highest BCUT2D eigenvalue weighted by molar-refractivity contribution is 6.30. The molecule has 32 heavy (non-hydrogen) atoms. The van der Waals surface area contributed by atoms with Gasteiger partial charge in [-0.05, 0) is 30.0 Å². The minimum atomic E-state index is -0.966. The normalized spacial score (nSPS) is 24.3. The van der Waals surface area contributed by atoms with Crippen LogP contribution in [-0.2, 0) is 4.79 Å². The maximum atomic E-state index is 14.6. The van der Waals surface area contributed by atoms with Crippen molar-refractivity contribution in [2.24, 2.45) is 0 Å². The highest BCUT2D eigenvalue weighted by Gasteiger charge is 2.44. The molecule has 2 aromatic carbocycles. The van der Waals surface area contributed by atoms with Gasteiger partial charge in [0.1, 0.15) is 23.4 Å². The highest BCUT2D eigenvalue weighted by atomic mass is 35.5. The van der Waals surface area contributed by atoms with E-state index in [1.165, 1.54) is 7.11 Å². The third-order valence-corrected chi connectivity index (χ3v) is 6.22. The number of hydrogen-bond donors (Lipinski definition) is 2.